The molecule has 8 heteroatoms. The van der Waals surface area contributed by atoms with Crippen molar-refractivity contribution in [3.8, 4) is 17.2 Å². The lowest BCUT2D eigenvalue weighted by molar-refractivity contribution is 0.233. The first kappa shape index (κ1) is 18.8. The number of nitrogens with one attached hydrogen (secondary N) is 1. The van der Waals surface area contributed by atoms with Crippen LogP contribution in [0.25, 0.3) is 0 Å². The average molecular weight is 398 g/mol. The summed E-state index contributed by atoms with van der Waals surface area (Å²) in [4.78, 5) is 0.00126. The van der Waals surface area contributed by atoms with Crippen LogP contribution in [0.1, 0.15) is 12.5 Å². The van der Waals surface area contributed by atoms with Crippen molar-refractivity contribution >= 4 is 21.6 Å². The van der Waals surface area contributed by atoms with Gasteiger partial charge in [-0.3, -0.25) is 0 Å². The van der Waals surface area contributed by atoms with Crippen molar-refractivity contribution in [3.63, 3.8) is 0 Å². The normalized spacial score (nSPS) is 16.5. The van der Waals surface area contributed by atoms with Crippen molar-refractivity contribution < 1.29 is 22.6 Å². The Hall–Kier alpha value is -1.96. The minimum Gasteiger partial charge on any atom is -0.495 e. The van der Waals surface area contributed by atoms with Gasteiger partial charge in [-0.2, -0.15) is 0 Å². The molecule has 0 unspecified atom stereocenters. The van der Waals surface area contributed by atoms with Crippen molar-refractivity contribution in [2.75, 3.05) is 20.3 Å². The zero-order valence-corrected chi connectivity index (χ0v) is 16.1. The molecule has 3 rings (SSSR count). The summed E-state index contributed by atoms with van der Waals surface area (Å²) in [7, 11) is -2.40. The first-order valence-corrected chi connectivity index (χ1v) is 10.0. The monoisotopic (exact) mass is 397 g/mol. The lowest BCUT2D eigenvalue weighted by Gasteiger charge is -2.27. The Kier molecular flexibility index (Phi) is 5.60. The maximum Gasteiger partial charge on any atom is 0.244 e. The summed E-state index contributed by atoms with van der Waals surface area (Å²) in [6.45, 7) is 2.64. The van der Waals surface area contributed by atoms with Crippen molar-refractivity contribution in [2.45, 2.75) is 24.3 Å². The third kappa shape index (κ3) is 3.90. The van der Waals surface area contributed by atoms with Crippen LogP contribution in [0.5, 0.6) is 17.2 Å². The third-order valence-corrected chi connectivity index (χ3v) is 5.77. The molecule has 0 bridgehead atoms. The summed E-state index contributed by atoms with van der Waals surface area (Å²) in [5, 5.41) is 0.317. The van der Waals surface area contributed by atoms with Crippen LogP contribution in [-0.2, 0) is 16.4 Å². The first-order valence-electron chi connectivity index (χ1n) is 8.18. The predicted molar refractivity (Wildman–Crippen MR) is 98.9 cm³/mol. The summed E-state index contributed by atoms with van der Waals surface area (Å²) in [6, 6.07) is 9.67. The molecule has 1 heterocycles. The van der Waals surface area contributed by atoms with E-state index in [1.807, 2.05) is 25.1 Å². The van der Waals surface area contributed by atoms with Crippen LogP contribution < -0.4 is 18.9 Å². The van der Waals surface area contributed by atoms with E-state index in [4.69, 9.17) is 25.8 Å². The van der Waals surface area contributed by atoms with E-state index in [0.717, 1.165) is 5.56 Å². The van der Waals surface area contributed by atoms with E-state index < -0.39 is 16.1 Å². The van der Waals surface area contributed by atoms with Gasteiger partial charge in [-0.1, -0.05) is 23.7 Å². The molecule has 1 aliphatic heterocycles. The largest absolute Gasteiger partial charge is 0.495 e. The first-order chi connectivity index (χ1) is 12.4. The molecule has 0 saturated heterocycles. The van der Waals surface area contributed by atoms with Gasteiger partial charge in [0, 0.05) is 5.02 Å². The highest BCUT2D eigenvalue weighted by atomic mass is 35.5. The summed E-state index contributed by atoms with van der Waals surface area (Å²) in [5.41, 5.74) is 0.896. The predicted octanol–water partition coefficient (Wildman–Crippen LogP) is 3.03. The van der Waals surface area contributed by atoms with E-state index in [1.54, 1.807) is 6.07 Å². The second kappa shape index (κ2) is 7.73. The molecule has 6 nitrogen and oxygen atoms in total. The highest BCUT2D eigenvalue weighted by Crippen LogP contribution is 2.35. The van der Waals surface area contributed by atoms with Gasteiger partial charge in [-0.25, -0.2) is 13.1 Å². The second-order valence-corrected chi connectivity index (χ2v) is 7.92. The molecule has 140 valence electrons. The fourth-order valence-electron chi connectivity index (χ4n) is 2.88. The molecule has 2 aromatic rings. The Morgan fingerprint density at radius 3 is 2.81 bits per heavy atom. The quantitative estimate of drug-likeness (QED) is 0.811. The minimum absolute atomic E-state index is 0.00126. The number of ether oxygens (including phenoxy) is 3. The molecule has 0 aliphatic carbocycles. The second-order valence-electron chi connectivity index (χ2n) is 5.81. The van der Waals surface area contributed by atoms with Gasteiger partial charge >= 0.3 is 0 Å². The SMILES string of the molecule is CCOc1cccc2c1OC[C@@H](NS(=O)(=O)c1cc(Cl)ccc1OC)C2. The third-order valence-electron chi connectivity index (χ3n) is 3.99. The molecule has 0 spiro atoms. The summed E-state index contributed by atoms with van der Waals surface area (Å²) in [5.74, 6) is 1.57. The van der Waals surface area contributed by atoms with Crippen LogP contribution in [0.3, 0.4) is 0 Å². The molecule has 1 N–H and O–H groups in total. The van der Waals surface area contributed by atoms with E-state index in [-0.39, 0.29) is 17.3 Å². The highest BCUT2D eigenvalue weighted by Gasteiger charge is 2.29. The zero-order valence-electron chi connectivity index (χ0n) is 14.5. The van der Waals surface area contributed by atoms with Crippen LogP contribution in [0.15, 0.2) is 41.3 Å². The zero-order chi connectivity index (χ0) is 18.7. The summed E-state index contributed by atoms with van der Waals surface area (Å²) >= 11 is 5.95. The maximum absolute atomic E-state index is 12.8. The number of fused-ring (bicyclic) bond motifs is 1. The Bertz CT molecular complexity index is 900. The molecule has 2 aromatic carbocycles. The molecular weight excluding hydrogens is 378 g/mol. The van der Waals surface area contributed by atoms with E-state index in [9.17, 15) is 8.42 Å². The van der Waals surface area contributed by atoms with Crippen molar-refractivity contribution in [2.24, 2.45) is 0 Å². The lowest BCUT2D eigenvalue weighted by atomic mass is 10.0. The minimum atomic E-state index is -3.82. The van der Waals surface area contributed by atoms with Crippen LogP contribution in [0, 0.1) is 0 Å². The van der Waals surface area contributed by atoms with E-state index >= 15 is 0 Å². The van der Waals surface area contributed by atoms with Crippen molar-refractivity contribution in [3.05, 3.63) is 47.0 Å². The van der Waals surface area contributed by atoms with E-state index in [1.165, 1.54) is 19.2 Å². The van der Waals surface area contributed by atoms with Gasteiger partial charge in [0.25, 0.3) is 0 Å². The number of sulfonamides is 1. The van der Waals surface area contributed by atoms with Gasteiger partial charge in [0.05, 0.1) is 19.8 Å². The fraction of sp³-hybridized carbons (Fsp3) is 0.333. The van der Waals surface area contributed by atoms with E-state index in [2.05, 4.69) is 4.72 Å². The number of benzene rings is 2. The number of halogens is 1. The smallest absolute Gasteiger partial charge is 0.244 e. The number of hydrogen-bond donors (Lipinski definition) is 1. The standard InChI is InChI=1S/C18H20ClNO5S/c1-3-24-16-6-4-5-12-9-14(11-25-18(12)16)20-26(21,22)17-10-13(19)7-8-15(17)23-2/h4-8,10,14,20H,3,9,11H2,1-2H3/t14-/m0/s1. The Morgan fingerprint density at radius 2 is 2.08 bits per heavy atom. The molecule has 0 fully saturated rings. The molecule has 0 aromatic heterocycles. The summed E-state index contributed by atoms with van der Waals surface area (Å²) in [6.07, 6.45) is 0.498. The van der Waals surface area contributed by atoms with Crippen LogP contribution >= 0.6 is 11.6 Å². The molecular formula is C18H20ClNO5S. The number of methoxy groups -OCH3 is 1. The van der Waals surface area contributed by atoms with E-state index in [0.29, 0.717) is 29.5 Å². The number of para-hydroxylation sites is 1. The fourth-order valence-corrected chi connectivity index (χ4v) is 4.53. The van der Waals surface area contributed by atoms with Gasteiger partial charge < -0.3 is 14.2 Å². The van der Waals surface area contributed by atoms with Crippen LogP contribution in [0.4, 0.5) is 0 Å². The molecule has 1 aliphatic rings. The van der Waals surface area contributed by atoms with Gasteiger partial charge in [0.1, 0.15) is 17.3 Å². The average Bonchev–Trinajstić information content (AvgIpc) is 2.61. The Morgan fingerprint density at radius 1 is 1.27 bits per heavy atom. The van der Waals surface area contributed by atoms with Gasteiger partial charge in [-0.05, 0) is 43.2 Å². The number of rotatable bonds is 6. The highest BCUT2D eigenvalue weighted by molar-refractivity contribution is 7.89. The van der Waals surface area contributed by atoms with Gasteiger partial charge in [0.15, 0.2) is 11.5 Å². The van der Waals surface area contributed by atoms with Crippen LogP contribution in [0.2, 0.25) is 5.02 Å². The van der Waals surface area contributed by atoms with Gasteiger partial charge in [-0.15, -0.1) is 0 Å². The van der Waals surface area contributed by atoms with Crippen molar-refractivity contribution in [1.29, 1.82) is 0 Å². The Balaban J connectivity index is 1.82. The van der Waals surface area contributed by atoms with Crippen LogP contribution in [-0.4, -0.2) is 34.8 Å². The lowest BCUT2D eigenvalue weighted by Crippen LogP contribution is -2.42. The molecule has 0 amide bonds. The Labute approximate surface area is 158 Å². The van der Waals surface area contributed by atoms with Gasteiger partial charge in [0.2, 0.25) is 10.0 Å². The number of hydrogen-bond acceptors (Lipinski definition) is 5. The van der Waals surface area contributed by atoms with Crippen molar-refractivity contribution in [1.82, 2.24) is 4.72 Å². The summed E-state index contributed by atoms with van der Waals surface area (Å²) < 4.78 is 44.7. The molecule has 26 heavy (non-hydrogen) atoms. The molecule has 1 atom stereocenters. The maximum atomic E-state index is 12.8. The molecule has 0 saturated carbocycles. The molecule has 0 radical (unpaired) electrons. The topological polar surface area (TPSA) is 73.9 Å².